The molecule has 128 valence electrons. The summed E-state index contributed by atoms with van der Waals surface area (Å²) in [6, 6.07) is 8.23. The van der Waals surface area contributed by atoms with Crippen molar-refractivity contribution < 1.29 is 0 Å². The normalized spacial score (nSPS) is 11.0. The molecule has 0 fully saturated rings. The van der Waals surface area contributed by atoms with E-state index in [2.05, 4.69) is 51.6 Å². The van der Waals surface area contributed by atoms with E-state index in [4.69, 9.17) is 0 Å². The van der Waals surface area contributed by atoms with Crippen molar-refractivity contribution in [2.24, 2.45) is 13.0 Å². The van der Waals surface area contributed by atoms with Gasteiger partial charge in [-0.1, -0.05) is 41.9 Å². The molecule has 1 aromatic carbocycles. The first-order valence-electron chi connectivity index (χ1n) is 7.74. The maximum absolute atomic E-state index is 12.4. The van der Waals surface area contributed by atoms with Gasteiger partial charge in [-0.2, -0.15) is 5.10 Å². The summed E-state index contributed by atoms with van der Waals surface area (Å²) in [6.45, 7) is 5.07. The predicted octanol–water partition coefficient (Wildman–Crippen LogP) is 4.32. The molecule has 0 amide bonds. The minimum absolute atomic E-state index is 0. The van der Waals surface area contributed by atoms with Crippen LogP contribution < -0.4 is 5.56 Å². The summed E-state index contributed by atoms with van der Waals surface area (Å²) in [5.41, 5.74) is 2.15. The van der Waals surface area contributed by atoms with Gasteiger partial charge in [0.05, 0.1) is 11.1 Å². The fourth-order valence-corrected chi connectivity index (χ4v) is 3.06. The lowest BCUT2D eigenvalue weighted by Gasteiger charge is -2.07. The van der Waals surface area contributed by atoms with Gasteiger partial charge in [-0.15, -0.1) is 17.0 Å². The second-order valence-electron chi connectivity index (χ2n) is 6.36. The highest BCUT2D eigenvalue weighted by atomic mass is 79.9. The van der Waals surface area contributed by atoms with Crippen LogP contribution in [0.5, 0.6) is 0 Å². The highest BCUT2D eigenvalue weighted by Crippen LogP contribution is 2.19. The summed E-state index contributed by atoms with van der Waals surface area (Å²) in [7, 11) is 1.72. The first-order chi connectivity index (χ1) is 10.9. The van der Waals surface area contributed by atoms with Crippen LogP contribution in [-0.4, -0.2) is 14.3 Å². The minimum Gasteiger partial charge on any atom is -0.348 e. The molecule has 2 heterocycles. The zero-order chi connectivity index (χ0) is 16.6. The highest BCUT2D eigenvalue weighted by molar-refractivity contribution is 9.10. The Balaban J connectivity index is 0.00000208. The second kappa shape index (κ2) is 7.66. The summed E-state index contributed by atoms with van der Waals surface area (Å²) < 4.78 is 4.58. The summed E-state index contributed by atoms with van der Waals surface area (Å²) in [4.78, 5) is 12.4. The molecule has 0 aliphatic rings. The zero-order valence-corrected chi connectivity index (χ0v) is 17.3. The van der Waals surface area contributed by atoms with Crippen LogP contribution in [0.4, 0.5) is 0 Å². The van der Waals surface area contributed by atoms with E-state index in [0.29, 0.717) is 5.92 Å². The van der Waals surface area contributed by atoms with Gasteiger partial charge >= 0.3 is 0 Å². The molecule has 0 saturated heterocycles. The Morgan fingerprint density at radius 1 is 1.12 bits per heavy atom. The van der Waals surface area contributed by atoms with Crippen LogP contribution in [0.3, 0.4) is 0 Å². The van der Waals surface area contributed by atoms with Crippen LogP contribution >= 0.6 is 32.9 Å². The molecule has 2 aromatic heterocycles. The largest absolute Gasteiger partial charge is 0.348 e. The molecule has 0 aliphatic heterocycles. The SMILES string of the molecule is Br.CC(C)Cc1nn(C)c(=O)c2cn(Cc3ccc(Br)cc3)cc12. The standard InChI is InChI=1S/C18H20BrN3O.BrH/c1-12(2)8-17-15-10-22(9-13-4-6-14(19)7-5-13)11-16(15)18(23)21(3)20-17;/h4-7,10-12H,8-9H2,1-3H3;1H. The quantitative estimate of drug-likeness (QED) is 0.588. The topological polar surface area (TPSA) is 39.8 Å². The Bertz CT molecular complexity index is 895. The first-order valence-corrected chi connectivity index (χ1v) is 8.53. The lowest BCUT2D eigenvalue weighted by atomic mass is 10.1. The average Bonchev–Trinajstić information content (AvgIpc) is 2.91. The van der Waals surface area contributed by atoms with Gasteiger partial charge in [0.2, 0.25) is 0 Å². The van der Waals surface area contributed by atoms with Gasteiger partial charge in [0.1, 0.15) is 0 Å². The van der Waals surface area contributed by atoms with Crippen molar-refractivity contribution in [3.05, 3.63) is 62.7 Å². The van der Waals surface area contributed by atoms with Gasteiger partial charge in [0, 0.05) is 35.8 Å². The molecule has 0 N–H and O–H groups in total. The number of nitrogens with zero attached hydrogens (tertiary/aromatic N) is 3. The van der Waals surface area contributed by atoms with E-state index in [1.165, 1.54) is 10.2 Å². The fraction of sp³-hybridized carbons (Fsp3) is 0.333. The second-order valence-corrected chi connectivity index (χ2v) is 7.27. The Morgan fingerprint density at radius 2 is 1.75 bits per heavy atom. The van der Waals surface area contributed by atoms with E-state index in [0.717, 1.165) is 33.9 Å². The monoisotopic (exact) mass is 453 g/mol. The molecule has 0 unspecified atom stereocenters. The van der Waals surface area contributed by atoms with Gasteiger partial charge in [0.15, 0.2) is 0 Å². The van der Waals surface area contributed by atoms with Crippen molar-refractivity contribution in [3.63, 3.8) is 0 Å². The van der Waals surface area contributed by atoms with Crippen molar-refractivity contribution >= 4 is 43.7 Å². The molecule has 0 bridgehead atoms. The molecule has 6 heteroatoms. The predicted molar refractivity (Wildman–Crippen MR) is 107 cm³/mol. The van der Waals surface area contributed by atoms with E-state index in [-0.39, 0.29) is 22.5 Å². The Kier molecular flexibility index (Phi) is 6.04. The highest BCUT2D eigenvalue weighted by Gasteiger charge is 2.13. The number of aromatic nitrogens is 3. The number of rotatable bonds is 4. The molecular weight excluding hydrogens is 434 g/mol. The fourth-order valence-electron chi connectivity index (χ4n) is 2.79. The van der Waals surface area contributed by atoms with Crippen molar-refractivity contribution in [1.29, 1.82) is 0 Å². The number of aryl methyl sites for hydroxylation is 1. The van der Waals surface area contributed by atoms with Gasteiger partial charge < -0.3 is 4.57 Å². The molecule has 0 spiro atoms. The molecular formula is C18H21Br2N3O. The molecule has 4 nitrogen and oxygen atoms in total. The smallest absolute Gasteiger partial charge is 0.275 e. The van der Waals surface area contributed by atoms with Crippen LogP contribution in [0.15, 0.2) is 45.9 Å². The summed E-state index contributed by atoms with van der Waals surface area (Å²) in [5.74, 6) is 0.498. The number of benzene rings is 1. The van der Waals surface area contributed by atoms with E-state index < -0.39 is 0 Å². The van der Waals surface area contributed by atoms with E-state index >= 15 is 0 Å². The summed E-state index contributed by atoms with van der Waals surface area (Å²) in [5, 5.41) is 6.17. The third-order valence-corrected chi connectivity index (χ3v) is 4.39. The van der Waals surface area contributed by atoms with Crippen molar-refractivity contribution in [2.75, 3.05) is 0 Å². The number of hydrogen-bond donors (Lipinski definition) is 0. The Labute approximate surface area is 160 Å². The van der Waals surface area contributed by atoms with Crippen molar-refractivity contribution in [1.82, 2.24) is 14.3 Å². The summed E-state index contributed by atoms with van der Waals surface area (Å²) >= 11 is 3.45. The molecule has 3 aromatic rings. The minimum atomic E-state index is -0.0398. The first kappa shape index (κ1) is 18.9. The number of halogens is 2. The van der Waals surface area contributed by atoms with Gasteiger partial charge in [-0.05, 0) is 30.0 Å². The third kappa shape index (κ3) is 3.98. The van der Waals surface area contributed by atoms with Crippen molar-refractivity contribution in [3.8, 4) is 0 Å². The van der Waals surface area contributed by atoms with Gasteiger partial charge in [-0.25, -0.2) is 4.68 Å². The van der Waals surface area contributed by atoms with Crippen LogP contribution in [0.1, 0.15) is 25.1 Å². The zero-order valence-electron chi connectivity index (χ0n) is 14.0. The molecule has 0 aliphatic carbocycles. The van der Waals surface area contributed by atoms with Gasteiger partial charge in [-0.3, -0.25) is 4.79 Å². The Morgan fingerprint density at radius 3 is 2.38 bits per heavy atom. The summed E-state index contributed by atoms with van der Waals surface area (Å²) in [6.07, 6.45) is 4.85. The van der Waals surface area contributed by atoms with E-state index in [9.17, 15) is 4.79 Å². The Hall–Kier alpha value is -1.40. The van der Waals surface area contributed by atoms with Gasteiger partial charge in [0.25, 0.3) is 5.56 Å². The lowest BCUT2D eigenvalue weighted by molar-refractivity contribution is 0.605. The molecule has 0 saturated carbocycles. The molecule has 24 heavy (non-hydrogen) atoms. The number of hydrogen-bond acceptors (Lipinski definition) is 2. The molecule has 3 rings (SSSR count). The lowest BCUT2D eigenvalue weighted by Crippen LogP contribution is -2.21. The van der Waals surface area contributed by atoms with E-state index in [1.54, 1.807) is 7.05 Å². The third-order valence-electron chi connectivity index (χ3n) is 3.87. The average molecular weight is 455 g/mol. The molecule has 0 radical (unpaired) electrons. The van der Waals surface area contributed by atoms with Crippen LogP contribution in [0, 0.1) is 5.92 Å². The molecule has 0 atom stereocenters. The van der Waals surface area contributed by atoms with Crippen molar-refractivity contribution in [2.45, 2.75) is 26.8 Å². The van der Waals surface area contributed by atoms with Crippen LogP contribution in [0.25, 0.3) is 10.8 Å². The maximum atomic E-state index is 12.4. The van der Waals surface area contributed by atoms with Crippen LogP contribution in [0.2, 0.25) is 0 Å². The number of fused-ring (bicyclic) bond motifs is 1. The maximum Gasteiger partial charge on any atom is 0.275 e. The van der Waals surface area contributed by atoms with E-state index in [1.807, 2.05) is 24.5 Å². The van der Waals surface area contributed by atoms with Crippen LogP contribution in [-0.2, 0) is 20.0 Å².